The molecule has 1 aromatic carbocycles. The number of hydrogen-bond acceptors (Lipinski definition) is 5. The summed E-state index contributed by atoms with van der Waals surface area (Å²) in [5, 5.41) is 0. The van der Waals surface area contributed by atoms with Crippen LogP contribution in [0.5, 0.6) is 0 Å². The van der Waals surface area contributed by atoms with E-state index in [9.17, 15) is 12.6 Å². The minimum absolute atomic E-state index is 0.207. The first-order valence-electron chi connectivity index (χ1n) is 8.34. The molecular weight excluding hydrogens is 374 g/mol. The van der Waals surface area contributed by atoms with Crippen LogP contribution >= 0.6 is 0 Å². The van der Waals surface area contributed by atoms with Gasteiger partial charge in [0.25, 0.3) is 0 Å². The highest BCUT2D eigenvalue weighted by Crippen LogP contribution is 2.34. The number of anilines is 1. The molecule has 1 saturated heterocycles. The van der Waals surface area contributed by atoms with E-state index < -0.39 is 20.8 Å². The molecule has 0 spiro atoms. The van der Waals surface area contributed by atoms with Crippen LogP contribution in [0.25, 0.3) is 0 Å². The summed E-state index contributed by atoms with van der Waals surface area (Å²) >= 11 is 0. The Kier molecular flexibility index (Phi) is 4.40. The van der Waals surface area contributed by atoms with Gasteiger partial charge in [-0.15, -0.1) is 0 Å². The van der Waals surface area contributed by atoms with Crippen molar-refractivity contribution in [2.45, 2.75) is 17.7 Å². The van der Waals surface area contributed by atoms with Crippen LogP contribution in [-0.2, 0) is 36.7 Å². The van der Waals surface area contributed by atoms with Gasteiger partial charge in [0.1, 0.15) is 24.2 Å². The average molecular weight is 393 g/mol. The van der Waals surface area contributed by atoms with Gasteiger partial charge in [-0.1, -0.05) is 6.08 Å². The third-order valence-corrected chi connectivity index (χ3v) is 7.35. The molecule has 1 unspecified atom stereocenters. The van der Waals surface area contributed by atoms with Crippen LogP contribution in [0, 0.1) is 0 Å². The summed E-state index contributed by atoms with van der Waals surface area (Å²) in [6.07, 6.45) is 7.79. The Labute approximate surface area is 155 Å². The highest BCUT2D eigenvalue weighted by molar-refractivity contribution is 7.95. The molecule has 138 valence electrons. The predicted molar refractivity (Wildman–Crippen MR) is 99.5 cm³/mol. The van der Waals surface area contributed by atoms with Crippen LogP contribution in [-0.4, -0.2) is 38.6 Å². The van der Waals surface area contributed by atoms with Gasteiger partial charge in [0.15, 0.2) is 11.5 Å². The number of ether oxygens (including phenoxy) is 2. The number of rotatable bonds is 3. The van der Waals surface area contributed by atoms with Crippen LogP contribution in [0.4, 0.5) is 5.69 Å². The van der Waals surface area contributed by atoms with Gasteiger partial charge in [0.2, 0.25) is 9.84 Å². The van der Waals surface area contributed by atoms with Gasteiger partial charge in [0.05, 0.1) is 15.5 Å². The standard InChI is InChI=1S/C18H19NO5S2/c1-25(20)19-8-7-13-11-15(5-6-16(13)19)26(21,22)14-3-2-4-17-18(12-14)24-10-9-23-17/h3-6,11-12H,2,7-10H2,1H3. The molecule has 0 aromatic heterocycles. The second kappa shape index (κ2) is 6.59. The number of fused-ring (bicyclic) bond motifs is 2. The zero-order chi connectivity index (χ0) is 18.3. The third-order valence-electron chi connectivity index (χ3n) is 4.57. The Balaban J connectivity index is 1.70. The SMILES string of the molecule is CS(=O)N1CCc2cc(S(=O)(=O)C3=CCC=C4OCCOC4=C3)ccc21. The lowest BCUT2D eigenvalue weighted by molar-refractivity contribution is 0.0593. The minimum atomic E-state index is -3.67. The van der Waals surface area contributed by atoms with Gasteiger partial charge in [-0.05, 0) is 42.7 Å². The quantitative estimate of drug-likeness (QED) is 0.787. The number of sulfone groups is 1. The summed E-state index contributed by atoms with van der Waals surface area (Å²) in [6.45, 7) is 1.50. The minimum Gasteiger partial charge on any atom is -0.486 e. The van der Waals surface area contributed by atoms with E-state index >= 15 is 0 Å². The van der Waals surface area contributed by atoms with Gasteiger partial charge in [-0.2, -0.15) is 0 Å². The van der Waals surface area contributed by atoms with Crippen molar-refractivity contribution in [1.82, 2.24) is 0 Å². The molecule has 2 aliphatic heterocycles. The second-order valence-electron chi connectivity index (χ2n) is 6.19. The Bertz CT molecular complexity index is 975. The maximum absolute atomic E-state index is 13.1. The van der Waals surface area contributed by atoms with E-state index in [4.69, 9.17) is 9.47 Å². The van der Waals surface area contributed by atoms with E-state index in [1.807, 2.05) is 6.08 Å². The topological polar surface area (TPSA) is 72.9 Å². The summed E-state index contributed by atoms with van der Waals surface area (Å²) in [5.74, 6) is 1.05. The lowest BCUT2D eigenvalue weighted by Gasteiger charge is -2.20. The number of benzene rings is 1. The van der Waals surface area contributed by atoms with Crippen molar-refractivity contribution in [1.29, 1.82) is 0 Å². The number of hydrogen-bond donors (Lipinski definition) is 0. The number of nitrogens with zero attached hydrogens (tertiary/aromatic N) is 1. The van der Waals surface area contributed by atoms with Crippen molar-refractivity contribution >= 4 is 26.5 Å². The fraction of sp³-hybridized carbons (Fsp3) is 0.333. The molecule has 6 nitrogen and oxygen atoms in total. The zero-order valence-corrected chi connectivity index (χ0v) is 15.9. The molecule has 0 saturated carbocycles. The first kappa shape index (κ1) is 17.4. The van der Waals surface area contributed by atoms with Crippen LogP contribution < -0.4 is 4.31 Å². The molecule has 3 aliphatic rings. The summed E-state index contributed by atoms with van der Waals surface area (Å²) in [7, 11) is -4.79. The van der Waals surface area contributed by atoms with E-state index in [2.05, 4.69) is 0 Å². The molecule has 1 aromatic rings. The van der Waals surface area contributed by atoms with E-state index in [1.54, 1.807) is 34.8 Å². The van der Waals surface area contributed by atoms with Crippen molar-refractivity contribution in [3.05, 3.63) is 58.4 Å². The molecule has 0 bridgehead atoms. The Morgan fingerprint density at radius 3 is 2.65 bits per heavy atom. The van der Waals surface area contributed by atoms with Crippen molar-refractivity contribution in [2.75, 3.05) is 30.3 Å². The molecule has 1 atom stereocenters. The van der Waals surface area contributed by atoms with Gasteiger partial charge in [-0.25, -0.2) is 12.6 Å². The molecule has 4 rings (SSSR count). The van der Waals surface area contributed by atoms with Gasteiger partial charge in [0, 0.05) is 18.9 Å². The maximum atomic E-state index is 13.1. The molecule has 2 heterocycles. The predicted octanol–water partition coefficient (Wildman–Crippen LogP) is 2.22. The fourth-order valence-corrected chi connectivity index (χ4v) is 5.49. The first-order chi connectivity index (χ1) is 12.5. The second-order valence-corrected chi connectivity index (χ2v) is 9.42. The number of allylic oxidation sites excluding steroid dienone is 3. The molecule has 0 amide bonds. The smallest absolute Gasteiger partial charge is 0.206 e. The lowest BCUT2D eigenvalue weighted by atomic mass is 10.2. The van der Waals surface area contributed by atoms with E-state index in [-0.39, 0.29) is 9.80 Å². The monoisotopic (exact) mass is 393 g/mol. The normalized spacial score (nSPS) is 20.5. The molecule has 26 heavy (non-hydrogen) atoms. The van der Waals surface area contributed by atoms with Crippen LogP contribution in [0.1, 0.15) is 12.0 Å². The molecule has 0 radical (unpaired) electrons. The molecule has 1 aliphatic carbocycles. The lowest BCUT2D eigenvalue weighted by Crippen LogP contribution is -2.21. The highest BCUT2D eigenvalue weighted by Gasteiger charge is 2.27. The van der Waals surface area contributed by atoms with Crippen molar-refractivity contribution < 1.29 is 22.1 Å². The summed E-state index contributed by atoms with van der Waals surface area (Å²) in [6, 6.07) is 5.01. The van der Waals surface area contributed by atoms with E-state index in [1.165, 1.54) is 6.08 Å². The summed E-state index contributed by atoms with van der Waals surface area (Å²) in [5.41, 5.74) is 1.74. The molecule has 1 fully saturated rings. The van der Waals surface area contributed by atoms with Crippen molar-refractivity contribution in [2.24, 2.45) is 0 Å². The van der Waals surface area contributed by atoms with Gasteiger partial charge in [-0.3, -0.25) is 4.31 Å². The van der Waals surface area contributed by atoms with Crippen LogP contribution in [0.3, 0.4) is 0 Å². The first-order valence-corrected chi connectivity index (χ1v) is 11.3. The van der Waals surface area contributed by atoms with Crippen LogP contribution in [0.15, 0.2) is 57.7 Å². The Morgan fingerprint density at radius 1 is 1.12 bits per heavy atom. The van der Waals surface area contributed by atoms with E-state index in [0.29, 0.717) is 44.1 Å². The van der Waals surface area contributed by atoms with Gasteiger partial charge >= 0.3 is 0 Å². The van der Waals surface area contributed by atoms with Crippen molar-refractivity contribution in [3.63, 3.8) is 0 Å². The fourth-order valence-electron chi connectivity index (χ4n) is 3.29. The summed E-state index contributed by atoms with van der Waals surface area (Å²) < 4.78 is 50.9. The zero-order valence-electron chi connectivity index (χ0n) is 14.3. The summed E-state index contributed by atoms with van der Waals surface area (Å²) in [4.78, 5) is 0.446. The Hall–Kier alpha value is -2.06. The van der Waals surface area contributed by atoms with Gasteiger partial charge < -0.3 is 9.47 Å². The maximum Gasteiger partial charge on any atom is 0.206 e. The van der Waals surface area contributed by atoms with Crippen LogP contribution in [0.2, 0.25) is 0 Å². The molecular formula is C18H19NO5S2. The molecule has 0 N–H and O–H groups in total. The highest BCUT2D eigenvalue weighted by atomic mass is 32.2. The average Bonchev–Trinajstić information content (AvgIpc) is 2.92. The largest absolute Gasteiger partial charge is 0.486 e. The Morgan fingerprint density at radius 2 is 1.88 bits per heavy atom. The molecule has 8 heteroatoms. The third kappa shape index (κ3) is 2.97. The van der Waals surface area contributed by atoms with Crippen molar-refractivity contribution in [3.8, 4) is 0 Å². The van der Waals surface area contributed by atoms with E-state index in [0.717, 1.165) is 11.3 Å².